The van der Waals surface area contributed by atoms with Crippen LogP contribution in [0.3, 0.4) is 0 Å². The first kappa shape index (κ1) is 15.0. The third-order valence-corrected chi connectivity index (χ3v) is 2.48. The summed E-state index contributed by atoms with van der Waals surface area (Å²) in [5.41, 5.74) is 2.05. The van der Waals surface area contributed by atoms with Crippen LogP contribution in [0, 0.1) is 6.92 Å². The van der Waals surface area contributed by atoms with Crippen LogP contribution in [0.4, 0.5) is 13.2 Å². The second kappa shape index (κ2) is 6.75. The summed E-state index contributed by atoms with van der Waals surface area (Å²) in [6.07, 6.45) is -4.27. The minimum Gasteiger partial charge on any atom is -0.370 e. The Morgan fingerprint density at radius 3 is 2.33 bits per heavy atom. The first-order chi connectivity index (χ1) is 8.42. The van der Waals surface area contributed by atoms with Gasteiger partial charge in [0.15, 0.2) is 0 Å². The predicted octanol–water partition coefficient (Wildman–Crippen LogP) is 3.22. The number of hydrogen-bond donors (Lipinski definition) is 1. The number of ether oxygens (including phenoxy) is 1. The van der Waals surface area contributed by atoms with Crippen LogP contribution in [0.1, 0.15) is 24.1 Å². The highest BCUT2D eigenvalue weighted by atomic mass is 19.4. The van der Waals surface area contributed by atoms with Gasteiger partial charge in [-0.25, -0.2) is 0 Å². The molecule has 1 N–H and O–H groups in total. The van der Waals surface area contributed by atoms with E-state index in [0.29, 0.717) is 6.54 Å². The van der Waals surface area contributed by atoms with Crippen LogP contribution in [-0.2, 0) is 4.74 Å². The van der Waals surface area contributed by atoms with Gasteiger partial charge in [-0.2, -0.15) is 13.2 Å². The molecular weight excluding hydrogens is 243 g/mol. The topological polar surface area (TPSA) is 21.3 Å². The fourth-order valence-electron chi connectivity index (χ4n) is 1.61. The molecule has 1 rings (SSSR count). The van der Waals surface area contributed by atoms with E-state index in [1.807, 2.05) is 38.1 Å². The summed E-state index contributed by atoms with van der Waals surface area (Å²) in [5, 5.41) is 3.11. The van der Waals surface area contributed by atoms with E-state index in [1.165, 1.54) is 0 Å². The number of nitrogens with one attached hydrogen (secondary N) is 1. The third kappa shape index (κ3) is 5.51. The van der Waals surface area contributed by atoms with Crippen molar-refractivity contribution in [1.29, 1.82) is 0 Å². The van der Waals surface area contributed by atoms with Gasteiger partial charge in [-0.15, -0.1) is 0 Å². The molecule has 1 unspecified atom stereocenters. The summed E-state index contributed by atoms with van der Waals surface area (Å²) >= 11 is 0. The van der Waals surface area contributed by atoms with Gasteiger partial charge in [0, 0.05) is 0 Å². The number of aryl methyl sites for hydroxylation is 1. The molecule has 0 aromatic heterocycles. The van der Waals surface area contributed by atoms with Crippen LogP contribution >= 0.6 is 0 Å². The van der Waals surface area contributed by atoms with E-state index in [9.17, 15) is 13.2 Å². The fraction of sp³-hybridized carbons (Fsp3) is 0.538. The summed E-state index contributed by atoms with van der Waals surface area (Å²) in [7, 11) is 0. The highest BCUT2D eigenvalue weighted by Crippen LogP contribution is 2.18. The molecule has 0 saturated carbocycles. The molecule has 102 valence electrons. The molecule has 2 nitrogen and oxygen atoms in total. The van der Waals surface area contributed by atoms with Crippen molar-refractivity contribution >= 4 is 0 Å². The molecule has 0 heterocycles. The molecular formula is C13H18F3NO. The molecule has 0 amide bonds. The smallest absolute Gasteiger partial charge is 0.370 e. The monoisotopic (exact) mass is 261 g/mol. The van der Waals surface area contributed by atoms with Crippen molar-refractivity contribution in [3.63, 3.8) is 0 Å². The molecule has 0 bridgehead atoms. The van der Waals surface area contributed by atoms with E-state index in [4.69, 9.17) is 4.74 Å². The van der Waals surface area contributed by atoms with Crippen LogP contribution in [0.2, 0.25) is 0 Å². The zero-order valence-electron chi connectivity index (χ0n) is 10.6. The van der Waals surface area contributed by atoms with E-state index in [-0.39, 0.29) is 12.6 Å². The Hall–Kier alpha value is -1.07. The van der Waals surface area contributed by atoms with E-state index in [0.717, 1.165) is 11.1 Å². The van der Waals surface area contributed by atoms with Gasteiger partial charge in [-0.1, -0.05) is 36.8 Å². The second-order valence-electron chi connectivity index (χ2n) is 4.15. The highest BCUT2D eigenvalue weighted by molar-refractivity contribution is 5.24. The number of halogens is 3. The van der Waals surface area contributed by atoms with Gasteiger partial charge < -0.3 is 10.1 Å². The van der Waals surface area contributed by atoms with E-state index in [1.54, 1.807) is 0 Å². The molecule has 0 aliphatic carbocycles. The maximum Gasteiger partial charge on any atom is 0.411 e. The van der Waals surface area contributed by atoms with Crippen molar-refractivity contribution in [2.75, 3.05) is 19.8 Å². The Morgan fingerprint density at radius 1 is 1.22 bits per heavy atom. The van der Waals surface area contributed by atoms with Gasteiger partial charge in [-0.05, 0) is 19.0 Å². The second-order valence-corrected chi connectivity index (χ2v) is 4.15. The molecule has 1 aromatic rings. The molecule has 0 aliphatic heterocycles. The molecule has 0 aliphatic rings. The van der Waals surface area contributed by atoms with E-state index >= 15 is 0 Å². The molecule has 0 fully saturated rings. The first-order valence-electron chi connectivity index (χ1n) is 5.87. The summed E-state index contributed by atoms with van der Waals surface area (Å²) < 4.78 is 40.7. The van der Waals surface area contributed by atoms with Gasteiger partial charge in [0.25, 0.3) is 0 Å². The Morgan fingerprint density at radius 2 is 1.83 bits per heavy atom. The van der Waals surface area contributed by atoms with Crippen LogP contribution in [0.25, 0.3) is 0 Å². The predicted molar refractivity (Wildman–Crippen MR) is 64.5 cm³/mol. The van der Waals surface area contributed by atoms with Gasteiger partial charge in [0.2, 0.25) is 0 Å². The Kier molecular flexibility index (Phi) is 5.62. The number of benzene rings is 1. The van der Waals surface area contributed by atoms with Crippen LogP contribution in [0.15, 0.2) is 24.3 Å². The summed E-state index contributed by atoms with van der Waals surface area (Å²) in [4.78, 5) is 0. The van der Waals surface area contributed by atoms with E-state index in [2.05, 4.69) is 5.32 Å². The number of likely N-dealkylation sites (N-methyl/N-ethyl adjacent to an activating group) is 1. The fourth-order valence-corrected chi connectivity index (χ4v) is 1.61. The van der Waals surface area contributed by atoms with Gasteiger partial charge in [0.05, 0.1) is 12.6 Å². The molecule has 18 heavy (non-hydrogen) atoms. The largest absolute Gasteiger partial charge is 0.411 e. The standard InChI is InChI=1S/C13H18F3NO/c1-3-17-12(8-18-9-13(14,15)16)11-6-4-10(2)5-7-11/h4-7,12,17H,3,8-9H2,1-2H3. The molecule has 1 aromatic carbocycles. The van der Waals surface area contributed by atoms with Crippen molar-refractivity contribution in [2.24, 2.45) is 0 Å². The lowest BCUT2D eigenvalue weighted by molar-refractivity contribution is -0.175. The van der Waals surface area contributed by atoms with Gasteiger partial charge in [0.1, 0.15) is 6.61 Å². The summed E-state index contributed by atoms with van der Waals surface area (Å²) in [5.74, 6) is 0. The minimum atomic E-state index is -4.27. The molecule has 0 radical (unpaired) electrons. The normalized spacial score (nSPS) is 13.6. The molecule has 0 saturated heterocycles. The van der Waals surface area contributed by atoms with Gasteiger partial charge >= 0.3 is 6.18 Å². The lowest BCUT2D eigenvalue weighted by atomic mass is 10.1. The Bertz CT molecular complexity index is 348. The maximum absolute atomic E-state index is 12.0. The quantitative estimate of drug-likeness (QED) is 0.849. The van der Waals surface area contributed by atoms with Crippen molar-refractivity contribution in [3.8, 4) is 0 Å². The lowest BCUT2D eigenvalue weighted by Crippen LogP contribution is -2.27. The average Bonchev–Trinajstić information content (AvgIpc) is 2.27. The van der Waals surface area contributed by atoms with Crippen molar-refractivity contribution in [2.45, 2.75) is 26.1 Å². The molecule has 5 heteroatoms. The lowest BCUT2D eigenvalue weighted by Gasteiger charge is -2.19. The number of alkyl halides is 3. The summed E-state index contributed by atoms with van der Waals surface area (Å²) in [6.45, 7) is 3.35. The van der Waals surface area contributed by atoms with Crippen LogP contribution < -0.4 is 5.32 Å². The van der Waals surface area contributed by atoms with Crippen molar-refractivity contribution in [3.05, 3.63) is 35.4 Å². The maximum atomic E-state index is 12.0. The SMILES string of the molecule is CCNC(COCC(F)(F)F)c1ccc(C)cc1. The zero-order chi connectivity index (χ0) is 13.6. The number of rotatable bonds is 6. The molecule has 1 atom stereocenters. The average molecular weight is 261 g/mol. The Labute approximate surface area is 105 Å². The van der Waals surface area contributed by atoms with Crippen molar-refractivity contribution in [1.82, 2.24) is 5.32 Å². The summed E-state index contributed by atoms with van der Waals surface area (Å²) in [6, 6.07) is 7.46. The highest BCUT2D eigenvalue weighted by Gasteiger charge is 2.28. The Balaban J connectivity index is 2.57. The minimum absolute atomic E-state index is 0.0103. The van der Waals surface area contributed by atoms with Crippen molar-refractivity contribution < 1.29 is 17.9 Å². The molecule has 0 spiro atoms. The zero-order valence-corrected chi connectivity index (χ0v) is 10.6. The van der Waals surface area contributed by atoms with Crippen LogP contribution in [-0.4, -0.2) is 25.9 Å². The third-order valence-electron chi connectivity index (χ3n) is 2.48. The van der Waals surface area contributed by atoms with E-state index < -0.39 is 12.8 Å². The number of hydrogen-bond acceptors (Lipinski definition) is 2. The van der Waals surface area contributed by atoms with Crippen LogP contribution in [0.5, 0.6) is 0 Å². The van der Waals surface area contributed by atoms with Gasteiger partial charge in [-0.3, -0.25) is 0 Å². The first-order valence-corrected chi connectivity index (χ1v) is 5.87.